The maximum Gasteiger partial charge on any atom is 0.257 e. The van der Waals surface area contributed by atoms with Gasteiger partial charge in [0.05, 0.1) is 86.3 Å². The maximum absolute atomic E-state index is 13.5. The van der Waals surface area contributed by atoms with Gasteiger partial charge in [-0.05, 0) is 162 Å². The van der Waals surface area contributed by atoms with Gasteiger partial charge in [0.15, 0.2) is 16.9 Å². The van der Waals surface area contributed by atoms with Crippen LogP contribution in [-0.2, 0) is 21.1 Å². The molecule has 0 fully saturated rings. The van der Waals surface area contributed by atoms with Gasteiger partial charge in [-0.15, -0.1) is 0 Å². The molecule has 24 nitrogen and oxygen atoms in total. The monoisotopic (exact) mass is 1550 g/mol. The van der Waals surface area contributed by atoms with Crippen LogP contribution in [0.4, 0.5) is 0 Å². The van der Waals surface area contributed by atoms with Gasteiger partial charge < -0.3 is 16.0 Å². The number of nitrogens with one attached hydrogen (secondary N) is 3. The molecule has 12 aromatic heterocycles. The summed E-state index contributed by atoms with van der Waals surface area (Å²) in [5.74, 6) is 18.7. The summed E-state index contributed by atoms with van der Waals surface area (Å²) in [6.45, 7) is 13.3. The van der Waals surface area contributed by atoms with Gasteiger partial charge in [-0.2, -0.15) is 30.6 Å². The molecular weight excluding hydrogens is 1470 g/mol. The van der Waals surface area contributed by atoms with Crippen molar-refractivity contribution in [1.82, 2.24) is 104 Å². The lowest BCUT2D eigenvalue weighted by atomic mass is 9.96. The van der Waals surface area contributed by atoms with E-state index in [4.69, 9.17) is 15.0 Å². The zero-order valence-corrected chi connectivity index (χ0v) is 66.2. The molecule has 3 atom stereocenters. The van der Waals surface area contributed by atoms with Gasteiger partial charge in [-0.1, -0.05) is 133 Å². The van der Waals surface area contributed by atoms with Crippen molar-refractivity contribution in [3.05, 3.63) is 340 Å². The summed E-state index contributed by atoms with van der Waals surface area (Å²) >= 11 is 0. The van der Waals surface area contributed by atoms with Gasteiger partial charge in [0.1, 0.15) is 28.1 Å². The van der Waals surface area contributed by atoms with Crippen molar-refractivity contribution in [1.29, 1.82) is 0 Å². The molecule has 0 aliphatic heterocycles. The zero-order valence-electron chi connectivity index (χ0n) is 66.2. The van der Waals surface area contributed by atoms with Crippen LogP contribution in [-0.4, -0.2) is 106 Å². The van der Waals surface area contributed by atoms with Crippen molar-refractivity contribution < 1.29 is 14.4 Å². The average Bonchev–Trinajstić information content (AvgIpc) is 0.950. The highest BCUT2D eigenvalue weighted by Crippen LogP contribution is 2.36. The minimum Gasteiger partial charge on any atom is -0.344 e. The van der Waals surface area contributed by atoms with E-state index >= 15 is 0 Å². The molecule has 0 saturated carbocycles. The van der Waals surface area contributed by atoms with Crippen molar-refractivity contribution in [3.8, 4) is 68.9 Å². The molecule has 6 aromatic carbocycles. The number of benzene rings is 6. The summed E-state index contributed by atoms with van der Waals surface area (Å²) < 4.78 is 10.1. The Labute approximate surface area is 678 Å². The van der Waals surface area contributed by atoms with Crippen LogP contribution >= 0.6 is 0 Å². The predicted molar refractivity (Wildman–Crippen MR) is 455 cm³/mol. The number of fused-ring (bicyclic) bond motifs is 6. The van der Waals surface area contributed by atoms with E-state index in [9.17, 15) is 14.4 Å². The number of carbonyl (C=O) groups excluding carboxylic acids is 3. The number of nitrogens with zero attached hydrogens (tertiary/aromatic N) is 18. The summed E-state index contributed by atoms with van der Waals surface area (Å²) in [6, 6.07) is 62.2. The van der Waals surface area contributed by atoms with Crippen molar-refractivity contribution in [2.24, 2.45) is 21.1 Å². The topological polar surface area (TPSA) is 270 Å². The standard InChI is InChI=1S/C32H27N7O.2C31H25N7O/c1-20-29(31-33-16-9-17-39(31)37-20)32(40)35-21(2)30-27(23-10-6-5-7-11-23)18-26-24(12-8-13-28(26)36-30)14-15-25-19-34-38(4)22(25)3;2*1-20-28(30-32-16-8-17-38(30)35-20)31(39)33-21(2)29-26(22-9-5-4-6-10-22)19-25-23(11-7-12-27(25)34-29)13-14-24-15-18-37(3)36-24/h5-13,16-19,21H,1-4H3,(H,35,40);2*4-12,15-19,21H,1-3H3,(H,33,39)/t3*21-/m000/s1. The number of hydrogen-bond donors (Lipinski definition) is 3. The quantitative estimate of drug-likeness (QED) is 0.0960. The highest BCUT2D eigenvalue weighted by Gasteiger charge is 2.28. The molecule has 3 N–H and O–H groups in total. The first-order valence-corrected chi connectivity index (χ1v) is 38.2. The Hall–Kier alpha value is -15.9. The molecule has 24 heteroatoms. The highest BCUT2D eigenvalue weighted by molar-refractivity contribution is 6.03. The Morgan fingerprint density at radius 2 is 0.678 bits per heavy atom. The van der Waals surface area contributed by atoms with E-state index in [0.717, 1.165) is 111 Å². The average molecular weight is 1550 g/mol. The van der Waals surface area contributed by atoms with E-state index in [2.05, 4.69) is 115 Å². The molecule has 18 rings (SSSR count). The summed E-state index contributed by atoms with van der Waals surface area (Å²) in [7, 11) is 5.64. The van der Waals surface area contributed by atoms with Gasteiger partial charge in [-0.25, -0.2) is 43.5 Å². The van der Waals surface area contributed by atoms with Crippen molar-refractivity contribution >= 4 is 67.4 Å². The van der Waals surface area contributed by atoms with Crippen molar-refractivity contribution in [2.45, 2.75) is 66.6 Å². The minimum atomic E-state index is -0.391. The van der Waals surface area contributed by atoms with E-state index in [1.165, 1.54) is 0 Å². The molecule has 18 aromatic rings. The van der Waals surface area contributed by atoms with Crippen LogP contribution < -0.4 is 16.0 Å². The number of carbonyl (C=O) groups is 3. The second kappa shape index (κ2) is 33.1. The van der Waals surface area contributed by atoms with Crippen LogP contribution in [0.25, 0.3) is 83.0 Å². The van der Waals surface area contributed by atoms with E-state index in [1.807, 2.05) is 244 Å². The van der Waals surface area contributed by atoms with Gasteiger partial charge in [0.25, 0.3) is 17.7 Å². The first-order valence-electron chi connectivity index (χ1n) is 38.2. The van der Waals surface area contributed by atoms with Crippen LogP contribution in [0.1, 0.15) is 143 Å². The molecule has 0 aliphatic carbocycles. The van der Waals surface area contributed by atoms with E-state index in [0.29, 0.717) is 62.1 Å². The third-order valence-corrected chi connectivity index (χ3v) is 20.2. The largest absolute Gasteiger partial charge is 0.344 e. The van der Waals surface area contributed by atoms with E-state index < -0.39 is 18.1 Å². The van der Waals surface area contributed by atoms with Gasteiger partial charge in [-0.3, -0.25) is 28.4 Å². The number of pyridine rings is 3. The summed E-state index contributed by atoms with van der Waals surface area (Å²) in [5.41, 5.74) is 21.2. The first-order chi connectivity index (χ1) is 57.4. The molecule has 0 bridgehead atoms. The molecule has 0 aliphatic rings. The van der Waals surface area contributed by atoms with Gasteiger partial charge in [0, 0.05) is 120 Å². The number of rotatable bonds is 12. The predicted octanol–water partition coefficient (Wildman–Crippen LogP) is 14.9. The molecule has 0 radical (unpaired) electrons. The molecule has 576 valence electrons. The smallest absolute Gasteiger partial charge is 0.257 e. The van der Waals surface area contributed by atoms with Crippen LogP contribution in [0.15, 0.2) is 250 Å². The van der Waals surface area contributed by atoms with Crippen molar-refractivity contribution in [2.75, 3.05) is 0 Å². The van der Waals surface area contributed by atoms with Crippen LogP contribution in [0.3, 0.4) is 0 Å². The van der Waals surface area contributed by atoms with Crippen LogP contribution in [0.5, 0.6) is 0 Å². The lowest BCUT2D eigenvalue weighted by molar-refractivity contribution is 0.0931. The summed E-state index contributed by atoms with van der Waals surface area (Å²) in [6.07, 6.45) is 15.8. The SMILES string of the molecule is Cc1nn2cccnc2c1C(=O)N[C@@H](C)c1nc2cccc(C#Cc3ccn(C)n3)c2cc1-c1ccccc1.Cc1nn2cccnc2c1C(=O)N[C@@H](C)c1nc2cccc(C#Cc3ccn(C)n3)c2cc1-c1ccccc1.Cc1nn2cccnc2c1C(=O)N[C@@H](C)c1nc2cccc(C#Cc3cnn(C)c3C)c2cc1-c1ccccc1. The molecule has 118 heavy (non-hydrogen) atoms. The number of aromatic nitrogens is 18. The van der Waals surface area contributed by atoms with E-state index in [1.54, 1.807) is 84.5 Å². The number of amides is 3. The van der Waals surface area contributed by atoms with Gasteiger partial charge >= 0.3 is 0 Å². The zero-order chi connectivity index (χ0) is 81.7. The maximum atomic E-state index is 13.5. The fraction of sp³-hybridized carbons (Fsp3) is 0.138. The molecule has 0 unspecified atom stereocenters. The molecule has 3 amide bonds. The Bertz CT molecular complexity index is 6840. The Morgan fingerprint density at radius 1 is 0.356 bits per heavy atom. The molecule has 0 saturated heterocycles. The lowest BCUT2D eigenvalue weighted by Crippen LogP contribution is -2.28. The van der Waals surface area contributed by atoms with Crippen molar-refractivity contribution in [3.63, 3.8) is 0 Å². The third-order valence-electron chi connectivity index (χ3n) is 20.2. The van der Waals surface area contributed by atoms with E-state index in [-0.39, 0.29) is 17.7 Å². The van der Waals surface area contributed by atoms with Crippen LogP contribution in [0.2, 0.25) is 0 Å². The fourth-order valence-corrected chi connectivity index (χ4v) is 14.3. The number of hydrogen-bond acceptors (Lipinski definition) is 15. The third kappa shape index (κ3) is 15.9. The first kappa shape index (κ1) is 76.1. The summed E-state index contributed by atoms with van der Waals surface area (Å²) in [5, 5.41) is 38.5. The second-order valence-corrected chi connectivity index (χ2v) is 28.4. The molecule has 0 spiro atoms. The summed E-state index contributed by atoms with van der Waals surface area (Å²) in [4.78, 5) is 68.7. The lowest BCUT2D eigenvalue weighted by Gasteiger charge is -2.19. The Kier molecular flexibility index (Phi) is 21.3. The van der Waals surface area contributed by atoms with Gasteiger partial charge in [0.2, 0.25) is 0 Å². The normalized spacial score (nSPS) is 11.8. The Morgan fingerprint density at radius 3 is 0.983 bits per heavy atom. The fourth-order valence-electron chi connectivity index (χ4n) is 14.3. The molecular formula is C94H77N21O3. The minimum absolute atomic E-state index is 0.244. The number of aryl methyl sites for hydroxylation is 6. The molecule has 12 heterocycles. The highest BCUT2D eigenvalue weighted by atomic mass is 16.2. The second-order valence-electron chi connectivity index (χ2n) is 28.4. The Balaban J connectivity index is 0.000000132. The van der Waals surface area contributed by atoms with Crippen LogP contribution in [0, 0.1) is 63.2 Å².